The molecule has 7 heteroatoms. The Kier molecular flexibility index (Phi) is 4.71. The third kappa shape index (κ3) is 3.08. The van der Waals surface area contributed by atoms with Crippen LogP contribution in [0.3, 0.4) is 0 Å². The largest absolute Gasteiger partial charge is 0.338 e. The zero-order chi connectivity index (χ0) is 17.3. The van der Waals surface area contributed by atoms with E-state index in [1.807, 2.05) is 11.9 Å². The topological polar surface area (TPSA) is 65.9 Å². The van der Waals surface area contributed by atoms with Gasteiger partial charge in [-0.25, -0.2) is 0 Å². The number of amides is 2. The highest BCUT2D eigenvalue weighted by molar-refractivity contribution is 5.92. The zero-order valence-electron chi connectivity index (χ0n) is 14.3. The molecule has 3 heterocycles. The van der Waals surface area contributed by atoms with Crippen LogP contribution in [-0.2, 0) is 11.8 Å². The van der Waals surface area contributed by atoms with E-state index in [-0.39, 0.29) is 23.4 Å². The molecular formula is C17H24N4O3. The lowest BCUT2D eigenvalue weighted by molar-refractivity contribution is -0.137. The monoisotopic (exact) mass is 332 g/mol. The maximum atomic E-state index is 12.6. The van der Waals surface area contributed by atoms with Gasteiger partial charge in [-0.3, -0.25) is 19.3 Å². The average molecular weight is 332 g/mol. The highest BCUT2D eigenvalue weighted by atomic mass is 16.2. The lowest BCUT2D eigenvalue weighted by Crippen LogP contribution is -2.54. The van der Waals surface area contributed by atoms with Crippen molar-refractivity contribution < 1.29 is 9.59 Å². The Bertz CT molecular complexity index is 691. The Morgan fingerprint density at radius 2 is 1.67 bits per heavy atom. The summed E-state index contributed by atoms with van der Waals surface area (Å²) in [4.78, 5) is 42.6. The molecule has 0 saturated carbocycles. The van der Waals surface area contributed by atoms with Crippen LogP contribution in [0.25, 0.3) is 0 Å². The fourth-order valence-corrected chi connectivity index (χ4v) is 3.50. The van der Waals surface area contributed by atoms with Gasteiger partial charge < -0.3 is 14.4 Å². The van der Waals surface area contributed by atoms with Gasteiger partial charge in [0.25, 0.3) is 11.5 Å². The number of hydrogen-bond donors (Lipinski definition) is 0. The maximum absolute atomic E-state index is 12.6. The molecule has 0 aliphatic carbocycles. The number of carbonyl (C=O) groups excluding carboxylic acids is 2. The second kappa shape index (κ2) is 6.76. The first-order valence-electron chi connectivity index (χ1n) is 8.43. The number of piperazine rings is 1. The fraction of sp³-hybridized carbons (Fsp3) is 0.588. The Hall–Kier alpha value is -2.15. The third-order valence-corrected chi connectivity index (χ3v) is 5.09. The molecule has 2 aliphatic rings. The van der Waals surface area contributed by atoms with Crippen LogP contribution >= 0.6 is 0 Å². The standard InChI is InChI=1S/C17H24N4O3/c1-18-8-4-6-13(18)16(23)20-9-11-21(12-10-20)17(24)14-5-3-7-15(22)19(14)2/h3,5,7,13H,4,6,8-12H2,1-2H3. The molecule has 130 valence electrons. The van der Waals surface area contributed by atoms with Crippen molar-refractivity contribution in [3.8, 4) is 0 Å². The fourth-order valence-electron chi connectivity index (χ4n) is 3.50. The van der Waals surface area contributed by atoms with Gasteiger partial charge in [-0.2, -0.15) is 0 Å². The van der Waals surface area contributed by atoms with Gasteiger partial charge in [-0.15, -0.1) is 0 Å². The summed E-state index contributed by atoms with van der Waals surface area (Å²) in [6.07, 6.45) is 1.98. The highest BCUT2D eigenvalue weighted by Gasteiger charge is 2.33. The lowest BCUT2D eigenvalue weighted by Gasteiger charge is -2.37. The van der Waals surface area contributed by atoms with Crippen molar-refractivity contribution in [2.24, 2.45) is 7.05 Å². The molecular weight excluding hydrogens is 308 g/mol. The smallest absolute Gasteiger partial charge is 0.270 e. The number of likely N-dealkylation sites (N-methyl/N-ethyl adjacent to an activating group) is 1. The van der Waals surface area contributed by atoms with Crippen molar-refractivity contribution >= 4 is 11.8 Å². The Balaban J connectivity index is 1.62. The van der Waals surface area contributed by atoms with Gasteiger partial charge in [-0.05, 0) is 32.5 Å². The minimum Gasteiger partial charge on any atom is -0.338 e. The normalized spacial score (nSPS) is 22.0. The van der Waals surface area contributed by atoms with Crippen molar-refractivity contribution in [1.29, 1.82) is 0 Å². The van der Waals surface area contributed by atoms with Gasteiger partial charge >= 0.3 is 0 Å². The first-order valence-corrected chi connectivity index (χ1v) is 8.43. The number of carbonyl (C=O) groups is 2. The SMILES string of the molecule is CN1CCCC1C(=O)N1CCN(C(=O)c2cccc(=O)n2C)CC1. The van der Waals surface area contributed by atoms with Crippen LogP contribution in [0.1, 0.15) is 23.3 Å². The van der Waals surface area contributed by atoms with Crippen LogP contribution in [0.5, 0.6) is 0 Å². The Morgan fingerprint density at radius 1 is 1.00 bits per heavy atom. The van der Waals surface area contributed by atoms with Gasteiger partial charge in [0.1, 0.15) is 5.69 Å². The molecule has 3 rings (SSSR count). The van der Waals surface area contributed by atoms with Crippen molar-refractivity contribution in [1.82, 2.24) is 19.3 Å². The van der Waals surface area contributed by atoms with Crippen LogP contribution in [0.4, 0.5) is 0 Å². The van der Waals surface area contributed by atoms with E-state index in [4.69, 9.17) is 0 Å². The average Bonchev–Trinajstić information content (AvgIpc) is 3.02. The van der Waals surface area contributed by atoms with Crippen molar-refractivity contribution in [3.05, 3.63) is 34.2 Å². The summed E-state index contributed by atoms with van der Waals surface area (Å²) in [5.74, 6) is 0.0227. The Labute approximate surface area is 141 Å². The summed E-state index contributed by atoms with van der Waals surface area (Å²) in [6, 6.07) is 4.69. The predicted octanol–water partition coefficient (Wildman–Crippen LogP) is -0.236. The van der Waals surface area contributed by atoms with Gasteiger partial charge in [0, 0.05) is 39.3 Å². The van der Waals surface area contributed by atoms with Crippen LogP contribution in [-0.4, -0.2) is 76.9 Å². The van der Waals surface area contributed by atoms with E-state index < -0.39 is 0 Å². The molecule has 2 amide bonds. The quantitative estimate of drug-likeness (QED) is 0.750. The molecule has 7 nitrogen and oxygen atoms in total. The minimum atomic E-state index is -0.195. The van der Waals surface area contributed by atoms with Crippen LogP contribution in [0.15, 0.2) is 23.0 Å². The first kappa shape index (κ1) is 16.7. The molecule has 0 spiro atoms. The Morgan fingerprint density at radius 3 is 2.29 bits per heavy atom. The van der Waals surface area contributed by atoms with E-state index in [0.29, 0.717) is 31.9 Å². The number of likely N-dealkylation sites (tertiary alicyclic amines) is 1. The summed E-state index contributed by atoms with van der Waals surface area (Å²) in [5.41, 5.74) is 0.191. The number of rotatable bonds is 2. The summed E-state index contributed by atoms with van der Waals surface area (Å²) >= 11 is 0. The zero-order valence-corrected chi connectivity index (χ0v) is 14.3. The molecule has 24 heavy (non-hydrogen) atoms. The van der Waals surface area contributed by atoms with Gasteiger partial charge in [0.15, 0.2) is 0 Å². The first-order chi connectivity index (χ1) is 11.5. The van der Waals surface area contributed by atoms with Crippen LogP contribution in [0.2, 0.25) is 0 Å². The summed E-state index contributed by atoms with van der Waals surface area (Å²) in [5, 5.41) is 0. The number of aromatic nitrogens is 1. The minimum absolute atomic E-state index is 0.0119. The van der Waals surface area contributed by atoms with E-state index >= 15 is 0 Å². The van der Waals surface area contributed by atoms with Crippen molar-refractivity contribution in [2.45, 2.75) is 18.9 Å². The lowest BCUT2D eigenvalue weighted by atomic mass is 10.1. The van der Waals surface area contributed by atoms with E-state index in [9.17, 15) is 14.4 Å². The van der Waals surface area contributed by atoms with Crippen molar-refractivity contribution in [2.75, 3.05) is 39.8 Å². The molecule has 1 atom stereocenters. The number of pyridine rings is 1. The predicted molar refractivity (Wildman–Crippen MR) is 89.8 cm³/mol. The number of nitrogens with zero attached hydrogens (tertiary/aromatic N) is 4. The van der Waals surface area contributed by atoms with Crippen molar-refractivity contribution in [3.63, 3.8) is 0 Å². The summed E-state index contributed by atoms with van der Waals surface area (Å²) < 4.78 is 1.37. The third-order valence-electron chi connectivity index (χ3n) is 5.09. The molecule has 1 aromatic rings. The second-order valence-electron chi connectivity index (χ2n) is 6.56. The van der Waals surface area contributed by atoms with E-state index in [1.165, 1.54) is 10.6 Å². The molecule has 0 radical (unpaired) electrons. The molecule has 0 N–H and O–H groups in total. The maximum Gasteiger partial charge on any atom is 0.270 e. The van der Waals surface area contributed by atoms with E-state index in [0.717, 1.165) is 19.4 Å². The molecule has 2 fully saturated rings. The summed E-state index contributed by atoms with van der Waals surface area (Å²) in [6.45, 7) is 3.08. The highest BCUT2D eigenvalue weighted by Crippen LogP contribution is 2.18. The molecule has 1 aromatic heterocycles. The van der Waals surface area contributed by atoms with E-state index in [1.54, 1.807) is 24.1 Å². The second-order valence-corrected chi connectivity index (χ2v) is 6.56. The number of hydrogen-bond acceptors (Lipinski definition) is 4. The van der Waals surface area contributed by atoms with Gasteiger partial charge in [-0.1, -0.05) is 6.07 Å². The van der Waals surface area contributed by atoms with Crippen LogP contribution in [0, 0.1) is 0 Å². The van der Waals surface area contributed by atoms with Crippen LogP contribution < -0.4 is 5.56 Å². The molecule has 0 aromatic carbocycles. The van der Waals surface area contributed by atoms with E-state index in [2.05, 4.69) is 4.90 Å². The van der Waals surface area contributed by atoms with Gasteiger partial charge in [0.2, 0.25) is 5.91 Å². The molecule has 1 unspecified atom stereocenters. The molecule has 0 bridgehead atoms. The molecule has 2 saturated heterocycles. The van der Waals surface area contributed by atoms with Gasteiger partial charge in [0.05, 0.1) is 6.04 Å². The molecule has 2 aliphatic heterocycles. The summed E-state index contributed by atoms with van der Waals surface area (Å²) in [7, 11) is 3.59.